The van der Waals surface area contributed by atoms with Gasteiger partial charge in [-0.1, -0.05) is 32.9 Å². The molecule has 31 heavy (non-hydrogen) atoms. The van der Waals surface area contributed by atoms with Crippen molar-refractivity contribution in [3.8, 4) is 22.8 Å². The molecular formula is C23H28N2O6. The molecule has 0 aliphatic carbocycles. The third-order valence-electron chi connectivity index (χ3n) is 4.91. The van der Waals surface area contributed by atoms with E-state index in [9.17, 15) is 9.90 Å². The Kier molecular flexibility index (Phi) is 6.80. The molecule has 0 radical (unpaired) electrons. The Hall–Kier alpha value is -3.13. The number of aromatic nitrogens is 2. The highest BCUT2D eigenvalue weighted by atomic mass is 16.5. The predicted octanol–water partition coefficient (Wildman–Crippen LogP) is 4.57. The molecule has 1 aromatic carbocycles. The number of hydrogen-bond donors (Lipinski definition) is 1. The van der Waals surface area contributed by atoms with Crippen LogP contribution in [-0.4, -0.2) is 47.0 Å². The minimum absolute atomic E-state index is 0.0745. The summed E-state index contributed by atoms with van der Waals surface area (Å²) in [5.74, 6) is 0.239. The van der Waals surface area contributed by atoms with Gasteiger partial charge in [-0.3, -0.25) is 4.79 Å². The van der Waals surface area contributed by atoms with Crippen molar-refractivity contribution in [2.45, 2.75) is 46.3 Å². The second-order valence-electron chi connectivity index (χ2n) is 8.45. The number of fused-ring (bicyclic) bond motifs is 1. The topological polar surface area (TPSA) is 104 Å². The van der Waals surface area contributed by atoms with Gasteiger partial charge in [0.25, 0.3) is 0 Å². The molecule has 0 spiro atoms. The van der Waals surface area contributed by atoms with Crippen LogP contribution in [0.25, 0.3) is 22.2 Å². The average molecular weight is 428 g/mol. The van der Waals surface area contributed by atoms with Crippen LogP contribution in [0.5, 0.6) is 11.6 Å². The molecule has 0 saturated carbocycles. The highest BCUT2D eigenvalue weighted by Crippen LogP contribution is 2.35. The number of furan rings is 1. The van der Waals surface area contributed by atoms with Crippen molar-refractivity contribution < 1.29 is 28.5 Å². The SMILES string of the molecule is COc1ccc(-c2coc3ncnc(OC[C@H](C)OC(CC(=O)O)C(C)(C)C)c23)cc1. The van der Waals surface area contributed by atoms with Crippen molar-refractivity contribution in [2.24, 2.45) is 5.41 Å². The van der Waals surface area contributed by atoms with Gasteiger partial charge in [0.05, 0.1) is 25.7 Å². The van der Waals surface area contributed by atoms with Gasteiger partial charge in [0.2, 0.25) is 11.6 Å². The van der Waals surface area contributed by atoms with Crippen molar-refractivity contribution in [3.63, 3.8) is 0 Å². The zero-order chi connectivity index (χ0) is 22.6. The normalized spacial score (nSPS) is 13.7. The summed E-state index contributed by atoms with van der Waals surface area (Å²) in [6.45, 7) is 7.91. The van der Waals surface area contributed by atoms with E-state index in [1.807, 2.05) is 52.0 Å². The molecule has 0 aliphatic rings. The third kappa shape index (κ3) is 5.52. The lowest BCUT2D eigenvalue weighted by Crippen LogP contribution is -2.36. The van der Waals surface area contributed by atoms with E-state index in [0.717, 1.165) is 16.9 Å². The van der Waals surface area contributed by atoms with Crippen LogP contribution in [0.1, 0.15) is 34.1 Å². The summed E-state index contributed by atoms with van der Waals surface area (Å²) in [7, 11) is 1.62. The molecule has 1 N–H and O–H groups in total. The standard InChI is InChI=1S/C23H28N2O6/c1-14(31-18(10-19(26)27)23(2,3)4)11-29-21-20-17(12-30-22(20)25-13-24-21)15-6-8-16(28-5)9-7-15/h6-9,12-14,18H,10-11H2,1-5H3,(H,26,27)/t14-,18?/m0/s1. The number of nitrogens with zero attached hydrogens (tertiary/aromatic N) is 2. The van der Waals surface area contributed by atoms with E-state index in [-0.39, 0.29) is 24.5 Å². The van der Waals surface area contributed by atoms with Gasteiger partial charge in [-0.2, -0.15) is 0 Å². The smallest absolute Gasteiger partial charge is 0.306 e. The van der Waals surface area contributed by atoms with Gasteiger partial charge in [0.1, 0.15) is 30.3 Å². The highest BCUT2D eigenvalue weighted by Gasteiger charge is 2.29. The molecule has 0 amide bonds. The maximum Gasteiger partial charge on any atom is 0.306 e. The van der Waals surface area contributed by atoms with Crippen LogP contribution in [0.15, 0.2) is 41.3 Å². The zero-order valence-corrected chi connectivity index (χ0v) is 18.4. The highest BCUT2D eigenvalue weighted by molar-refractivity contribution is 5.95. The summed E-state index contributed by atoms with van der Waals surface area (Å²) in [6, 6.07) is 7.57. The number of carboxylic acids is 1. The molecule has 3 rings (SSSR count). The first-order chi connectivity index (χ1) is 14.7. The molecule has 0 bridgehead atoms. The summed E-state index contributed by atoms with van der Waals surface area (Å²) in [4.78, 5) is 19.7. The van der Waals surface area contributed by atoms with Crippen LogP contribution in [0.4, 0.5) is 0 Å². The molecule has 0 saturated heterocycles. The van der Waals surface area contributed by atoms with Crippen LogP contribution in [0, 0.1) is 5.41 Å². The predicted molar refractivity (Wildman–Crippen MR) is 115 cm³/mol. The molecule has 2 aromatic heterocycles. The summed E-state index contributed by atoms with van der Waals surface area (Å²) >= 11 is 0. The van der Waals surface area contributed by atoms with Crippen molar-refractivity contribution in [1.29, 1.82) is 0 Å². The van der Waals surface area contributed by atoms with Gasteiger partial charge in [-0.05, 0) is 30.0 Å². The van der Waals surface area contributed by atoms with Crippen molar-refractivity contribution in [1.82, 2.24) is 9.97 Å². The van der Waals surface area contributed by atoms with E-state index < -0.39 is 12.1 Å². The van der Waals surface area contributed by atoms with E-state index in [2.05, 4.69) is 9.97 Å². The average Bonchev–Trinajstić information content (AvgIpc) is 3.15. The maximum atomic E-state index is 11.2. The fourth-order valence-corrected chi connectivity index (χ4v) is 3.17. The number of methoxy groups -OCH3 is 1. The quantitative estimate of drug-likeness (QED) is 0.528. The second kappa shape index (κ2) is 9.34. The molecule has 2 atom stereocenters. The van der Waals surface area contributed by atoms with E-state index in [1.54, 1.807) is 13.4 Å². The number of hydrogen-bond acceptors (Lipinski definition) is 7. The molecule has 166 valence electrons. The van der Waals surface area contributed by atoms with Crippen LogP contribution in [0.3, 0.4) is 0 Å². The summed E-state index contributed by atoms with van der Waals surface area (Å²) in [5, 5.41) is 9.85. The Balaban J connectivity index is 1.78. The van der Waals surface area contributed by atoms with Gasteiger partial charge in [-0.15, -0.1) is 0 Å². The van der Waals surface area contributed by atoms with E-state index in [4.69, 9.17) is 18.6 Å². The fraction of sp³-hybridized carbons (Fsp3) is 0.435. The van der Waals surface area contributed by atoms with Gasteiger partial charge < -0.3 is 23.7 Å². The van der Waals surface area contributed by atoms with Crippen molar-refractivity contribution in [2.75, 3.05) is 13.7 Å². The molecule has 1 unspecified atom stereocenters. The van der Waals surface area contributed by atoms with Crippen molar-refractivity contribution >= 4 is 17.1 Å². The Morgan fingerprint density at radius 1 is 1.19 bits per heavy atom. The fourth-order valence-electron chi connectivity index (χ4n) is 3.17. The molecule has 3 aromatic rings. The monoisotopic (exact) mass is 428 g/mol. The summed E-state index contributed by atoms with van der Waals surface area (Å²) < 4.78 is 22.8. The molecule has 8 heteroatoms. The number of carbonyl (C=O) groups is 1. The minimum atomic E-state index is -0.895. The van der Waals surface area contributed by atoms with Crippen LogP contribution < -0.4 is 9.47 Å². The van der Waals surface area contributed by atoms with Crippen molar-refractivity contribution in [3.05, 3.63) is 36.9 Å². The lowest BCUT2D eigenvalue weighted by atomic mass is 9.87. The first-order valence-corrected chi connectivity index (χ1v) is 10.1. The molecular weight excluding hydrogens is 400 g/mol. The summed E-state index contributed by atoms with van der Waals surface area (Å²) in [5.41, 5.74) is 1.82. The number of aliphatic carboxylic acids is 1. The molecule has 0 aliphatic heterocycles. The van der Waals surface area contributed by atoms with Gasteiger partial charge in [0, 0.05) is 5.56 Å². The van der Waals surface area contributed by atoms with Crippen LogP contribution in [0.2, 0.25) is 0 Å². The van der Waals surface area contributed by atoms with Crippen LogP contribution in [-0.2, 0) is 9.53 Å². The third-order valence-corrected chi connectivity index (χ3v) is 4.91. The van der Waals surface area contributed by atoms with E-state index >= 15 is 0 Å². The first kappa shape index (κ1) is 22.6. The van der Waals surface area contributed by atoms with E-state index in [1.165, 1.54) is 6.33 Å². The first-order valence-electron chi connectivity index (χ1n) is 10.1. The minimum Gasteiger partial charge on any atom is -0.497 e. The Labute approximate surface area is 181 Å². The Bertz CT molecular complexity index is 1020. The number of carboxylic acid groups (broad SMARTS) is 1. The Morgan fingerprint density at radius 3 is 2.52 bits per heavy atom. The number of benzene rings is 1. The molecule has 8 nitrogen and oxygen atoms in total. The van der Waals surface area contributed by atoms with Gasteiger partial charge >= 0.3 is 5.97 Å². The number of rotatable bonds is 9. The summed E-state index contributed by atoms with van der Waals surface area (Å²) in [6.07, 6.45) is 2.14. The van der Waals surface area contributed by atoms with Gasteiger partial charge in [0.15, 0.2) is 0 Å². The lowest BCUT2D eigenvalue weighted by molar-refractivity contribution is -0.146. The van der Waals surface area contributed by atoms with Crippen LogP contribution >= 0.6 is 0 Å². The molecule has 0 fully saturated rings. The zero-order valence-electron chi connectivity index (χ0n) is 18.4. The lowest BCUT2D eigenvalue weighted by Gasteiger charge is -2.32. The largest absolute Gasteiger partial charge is 0.497 e. The number of ether oxygens (including phenoxy) is 3. The maximum absolute atomic E-state index is 11.2. The second-order valence-corrected chi connectivity index (χ2v) is 8.45. The van der Waals surface area contributed by atoms with Gasteiger partial charge in [-0.25, -0.2) is 9.97 Å². The molecule has 2 heterocycles. The van der Waals surface area contributed by atoms with E-state index in [0.29, 0.717) is 17.0 Å². The Morgan fingerprint density at radius 2 is 1.90 bits per heavy atom.